The fraction of sp³-hybridized carbons (Fsp3) is 0.200. The first kappa shape index (κ1) is 13.5. The zero-order valence-corrected chi connectivity index (χ0v) is 12.6. The van der Waals surface area contributed by atoms with Crippen molar-refractivity contribution in [2.75, 3.05) is 0 Å². The van der Waals surface area contributed by atoms with Crippen LogP contribution in [0.5, 0.6) is 0 Å². The molecule has 3 rings (SSSR count). The highest BCUT2D eigenvalue weighted by Crippen LogP contribution is 2.35. The van der Waals surface area contributed by atoms with Gasteiger partial charge < -0.3 is 4.57 Å². The Hall–Kier alpha value is -1.52. The predicted molar refractivity (Wildman–Crippen MR) is 82.2 cm³/mol. The van der Waals surface area contributed by atoms with Crippen LogP contribution >= 0.6 is 23.4 Å². The van der Waals surface area contributed by atoms with Crippen molar-refractivity contribution < 1.29 is 0 Å². The van der Waals surface area contributed by atoms with Crippen molar-refractivity contribution in [3.63, 3.8) is 0 Å². The SMILES string of the molecule is Cn1cnc(C2C=CC=CC2)c1Sc1ccc(Cl)cn1. The normalized spacial score (nSPS) is 17.6. The summed E-state index contributed by atoms with van der Waals surface area (Å²) in [5, 5.41) is 2.71. The molecule has 3 nitrogen and oxygen atoms in total. The van der Waals surface area contributed by atoms with Gasteiger partial charge in [-0.05, 0) is 18.6 Å². The third kappa shape index (κ3) is 2.81. The van der Waals surface area contributed by atoms with Crippen LogP contribution in [0, 0.1) is 0 Å². The molecule has 0 radical (unpaired) electrons. The second-order valence-electron chi connectivity index (χ2n) is 4.62. The van der Waals surface area contributed by atoms with Crippen LogP contribution in [0.15, 0.2) is 59.0 Å². The van der Waals surface area contributed by atoms with E-state index in [0.717, 1.165) is 22.2 Å². The highest BCUT2D eigenvalue weighted by molar-refractivity contribution is 7.99. The first-order chi connectivity index (χ1) is 9.74. The van der Waals surface area contributed by atoms with Gasteiger partial charge in [-0.25, -0.2) is 9.97 Å². The molecule has 102 valence electrons. The van der Waals surface area contributed by atoms with Crippen molar-refractivity contribution in [3.05, 3.63) is 59.7 Å². The lowest BCUT2D eigenvalue weighted by molar-refractivity contribution is 0.762. The third-order valence-electron chi connectivity index (χ3n) is 3.14. The van der Waals surface area contributed by atoms with Gasteiger partial charge in [-0.1, -0.05) is 47.7 Å². The first-order valence-electron chi connectivity index (χ1n) is 6.38. The van der Waals surface area contributed by atoms with Crippen LogP contribution in [-0.2, 0) is 7.05 Å². The molecule has 5 heteroatoms. The monoisotopic (exact) mass is 303 g/mol. The summed E-state index contributed by atoms with van der Waals surface area (Å²) in [7, 11) is 2.01. The Balaban J connectivity index is 1.89. The Kier molecular flexibility index (Phi) is 3.94. The van der Waals surface area contributed by atoms with E-state index >= 15 is 0 Å². The fourth-order valence-corrected chi connectivity index (χ4v) is 3.17. The van der Waals surface area contributed by atoms with Gasteiger partial charge in [-0.15, -0.1) is 0 Å². The molecule has 0 fully saturated rings. The quantitative estimate of drug-likeness (QED) is 0.850. The van der Waals surface area contributed by atoms with Crippen LogP contribution in [0.3, 0.4) is 0 Å². The summed E-state index contributed by atoms with van der Waals surface area (Å²) in [4.78, 5) is 8.89. The topological polar surface area (TPSA) is 30.7 Å². The van der Waals surface area contributed by atoms with Crippen molar-refractivity contribution in [3.8, 4) is 0 Å². The lowest BCUT2D eigenvalue weighted by Crippen LogP contribution is -2.00. The number of hydrogen-bond donors (Lipinski definition) is 0. The molecule has 0 saturated carbocycles. The number of aryl methyl sites for hydroxylation is 1. The molecule has 0 aromatic carbocycles. The minimum absolute atomic E-state index is 0.344. The number of halogens is 1. The Morgan fingerprint density at radius 2 is 2.20 bits per heavy atom. The van der Waals surface area contributed by atoms with Gasteiger partial charge >= 0.3 is 0 Å². The van der Waals surface area contributed by atoms with Gasteiger partial charge in [-0.2, -0.15) is 0 Å². The van der Waals surface area contributed by atoms with E-state index in [1.807, 2.05) is 30.1 Å². The molecule has 0 bridgehead atoms. The maximum atomic E-state index is 5.87. The second kappa shape index (κ2) is 5.85. The maximum Gasteiger partial charge on any atom is 0.105 e. The van der Waals surface area contributed by atoms with Gasteiger partial charge in [0, 0.05) is 19.2 Å². The van der Waals surface area contributed by atoms with Crippen LogP contribution in [0.2, 0.25) is 5.02 Å². The number of nitrogens with zero attached hydrogens (tertiary/aromatic N) is 3. The molecule has 0 N–H and O–H groups in total. The molecule has 0 saturated heterocycles. The van der Waals surface area contributed by atoms with Crippen molar-refractivity contribution in [2.24, 2.45) is 7.05 Å². The van der Waals surface area contributed by atoms with Gasteiger partial charge in [0.15, 0.2) is 0 Å². The maximum absolute atomic E-state index is 5.87. The minimum atomic E-state index is 0.344. The molecule has 1 atom stereocenters. The number of pyridine rings is 1. The average Bonchev–Trinajstić information content (AvgIpc) is 2.84. The number of rotatable bonds is 3. The smallest absolute Gasteiger partial charge is 0.105 e. The van der Waals surface area contributed by atoms with Crippen molar-refractivity contribution >= 4 is 23.4 Å². The van der Waals surface area contributed by atoms with Gasteiger partial charge in [-0.3, -0.25) is 0 Å². The summed E-state index contributed by atoms with van der Waals surface area (Å²) < 4.78 is 2.04. The standard InChI is InChI=1S/C15H14ClN3S/c1-19-10-18-14(11-5-3-2-4-6-11)15(19)20-13-8-7-12(16)9-17-13/h2-5,7-11H,6H2,1H3. The summed E-state index contributed by atoms with van der Waals surface area (Å²) in [5.74, 6) is 0.344. The minimum Gasteiger partial charge on any atom is -0.328 e. The van der Waals surface area contributed by atoms with E-state index in [2.05, 4.69) is 34.3 Å². The van der Waals surface area contributed by atoms with Gasteiger partial charge in [0.1, 0.15) is 10.1 Å². The molecule has 0 amide bonds. The Morgan fingerprint density at radius 1 is 1.30 bits per heavy atom. The Labute approximate surface area is 127 Å². The summed E-state index contributed by atoms with van der Waals surface area (Å²) in [6, 6.07) is 3.79. The zero-order chi connectivity index (χ0) is 13.9. The lowest BCUT2D eigenvalue weighted by Gasteiger charge is -2.13. The summed E-state index contributed by atoms with van der Waals surface area (Å²) >= 11 is 7.49. The first-order valence-corrected chi connectivity index (χ1v) is 7.57. The number of allylic oxidation sites excluding steroid dienone is 4. The highest BCUT2D eigenvalue weighted by Gasteiger charge is 2.18. The van der Waals surface area contributed by atoms with Crippen LogP contribution in [0.4, 0.5) is 0 Å². The summed E-state index contributed by atoms with van der Waals surface area (Å²) in [6.45, 7) is 0. The second-order valence-corrected chi connectivity index (χ2v) is 6.06. The number of imidazole rings is 1. The average molecular weight is 304 g/mol. The van der Waals surface area contributed by atoms with E-state index in [1.54, 1.807) is 18.0 Å². The molecule has 1 unspecified atom stereocenters. The van der Waals surface area contributed by atoms with E-state index in [1.165, 1.54) is 0 Å². The highest BCUT2D eigenvalue weighted by atomic mass is 35.5. The molecule has 1 aliphatic rings. The number of aromatic nitrogens is 3. The molecule has 1 aliphatic carbocycles. The van der Waals surface area contributed by atoms with E-state index < -0.39 is 0 Å². The number of hydrogen-bond acceptors (Lipinski definition) is 3. The van der Waals surface area contributed by atoms with Crippen molar-refractivity contribution in [2.45, 2.75) is 22.4 Å². The summed E-state index contributed by atoms with van der Waals surface area (Å²) in [6.07, 6.45) is 13.1. The van der Waals surface area contributed by atoms with E-state index in [4.69, 9.17) is 11.6 Å². The van der Waals surface area contributed by atoms with Crippen LogP contribution in [0.25, 0.3) is 0 Å². The van der Waals surface area contributed by atoms with Crippen molar-refractivity contribution in [1.29, 1.82) is 0 Å². The van der Waals surface area contributed by atoms with Gasteiger partial charge in [0.05, 0.1) is 17.0 Å². The molecule has 2 heterocycles. The van der Waals surface area contributed by atoms with Crippen molar-refractivity contribution in [1.82, 2.24) is 14.5 Å². The Bertz CT molecular complexity index is 658. The third-order valence-corrected chi connectivity index (χ3v) is 4.51. The molecule has 0 spiro atoms. The predicted octanol–water partition coefficient (Wildman–Crippen LogP) is 4.22. The summed E-state index contributed by atoms with van der Waals surface area (Å²) in [5.41, 5.74) is 1.11. The van der Waals surface area contributed by atoms with Gasteiger partial charge in [0.2, 0.25) is 0 Å². The largest absolute Gasteiger partial charge is 0.328 e. The molecular weight excluding hydrogens is 290 g/mol. The molecular formula is C15H14ClN3S. The molecule has 20 heavy (non-hydrogen) atoms. The van der Waals surface area contributed by atoms with Crippen LogP contribution in [0.1, 0.15) is 18.0 Å². The van der Waals surface area contributed by atoms with E-state index in [9.17, 15) is 0 Å². The Morgan fingerprint density at radius 3 is 2.90 bits per heavy atom. The van der Waals surface area contributed by atoms with E-state index in [-0.39, 0.29) is 0 Å². The molecule has 0 aliphatic heterocycles. The molecule has 2 aromatic rings. The molecule has 2 aromatic heterocycles. The fourth-order valence-electron chi connectivity index (χ4n) is 2.12. The lowest BCUT2D eigenvalue weighted by atomic mass is 9.98. The van der Waals surface area contributed by atoms with Crippen LogP contribution in [-0.4, -0.2) is 14.5 Å². The van der Waals surface area contributed by atoms with Crippen LogP contribution < -0.4 is 0 Å². The zero-order valence-electron chi connectivity index (χ0n) is 11.0. The van der Waals surface area contributed by atoms with E-state index in [0.29, 0.717) is 10.9 Å². The van der Waals surface area contributed by atoms with Gasteiger partial charge in [0.25, 0.3) is 0 Å².